The maximum atomic E-state index is 11.2. The maximum absolute atomic E-state index is 11.2. The minimum Gasteiger partial charge on any atom is -0.358 e. The molecule has 1 heterocycles. The fourth-order valence-corrected chi connectivity index (χ4v) is 2.40. The van der Waals surface area contributed by atoms with Gasteiger partial charge in [0, 0.05) is 20.1 Å². The summed E-state index contributed by atoms with van der Waals surface area (Å²) in [5.41, 5.74) is 0. The zero-order chi connectivity index (χ0) is 11.3. The van der Waals surface area contributed by atoms with Crippen LogP contribution in [0.1, 0.15) is 12.8 Å². The number of amides is 1. The van der Waals surface area contributed by atoms with Gasteiger partial charge in [-0.25, -0.2) is 0 Å². The van der Waals surface area contributed by atoms with E-state index < -0.39 is 0 Å². The van der Waals surface area contributed by atoms with Gasteiger partial charge in [0.25, 0.3) is 0 Å². The van der Waals surface area contributed by atoms with Crippen LogP contribution in [0, 0.1) is 11.3 Å². The number of nitrogens with one attached hydrogen (secondary N) is 1. The zero-order valence-corrected chi connectivity index (χ0v) is 10.1. The lowest BCUT2D eigenvalue weighted by Crippen LogP contribution is -2.45. The van der Waals surface area contributed by atoms with E-state index >= 15 is 0 Å². The average molecular weight is 227 g/mol. The second-order valence-corrected chi connectivity index (χ2v) is 4.95. The van der Waals surface area contributed by atoms with Crippen molar-refractivity contribution in [3.05, 3.63) is 0 Å². The van der Waals surface area contributed by atoms with Gasteiger partial charge in [0.1, 0.15) is 4.75 Å². The molecule has 0 atom stereocenters. The summed E-state index contributed by atoms with van der Waals surface area (Å²) < 4.78 is -0.223. The first-order valence-corrected chi connectivity index (χ1v) is 6.27. The Morgan fingerprint density at radius 3 is 2.60 bits per heavy atom. The van der Waals surface area contributed by atoms with Crippen molar-refractivity contribution in [3.63, 3.8) is 0 Å². The Kier molecular flexibility index (Phi) is 4.43. The molecule has 0 aliphatic carbocycles. The van der Waals surface area contributed by atoms with Crippen LogP contribution in [0.5, 0.6) is 0 Å². The molecule has 0 spiro atoms. The molecule has 1 N–H and O–H groups in total. The number of nitriles is 1. The van der Waals surface area contributed by atoms with Gasteiger partial charge in [-0.2, -0.15) is 5.26 Å². The van der Waals surface area contributed by atoms with Gasteiger partial charge in [-0.3, -0.25) is 9.69 Å². The van der Waals surface area contributed by atoms with E-state index in [1.165, 1.54) is 0 Å². The fourth-order valence-electron chi connectivity index (χ4n) is 1.72. The number of likely N-dealkylation sites (N-methyl/N-ethyl adjacent to an activating group) is 1. The van der Waals surface area contributed by atoms with Crippen molar-refractivity contribution in [1.82, 2.24) is 10.2 Å². The molecular weight excluding hydrogens is 210 g/mol. The third-order valence-corrected chi connectivity index (χ3v) is 4.19. The number of carbonyl (C=O) groups is 1. The minimum absolute atomic E-state index is 0.0450. The highest BCUT2D eigenvalue weighted by atomic mass is 32.2. The third-order valence-electron chi connectivity index (χ3n) is 2.90. The molecule has 5 heteroatoms. The molecule has 0 bridgehead atoms. The van der Waals surface area contributed by atoms with E-state index in [0.29, 0.717) is 6.54 Å². The normalized spacial score (nSPS) is 20.6. The van der Waals surface area contributed by atoms with Crippen LogP contribution < -0.4 is 5.32 Å². The SMILES string of the molecule is CNC(=O)CN1CCC(C#N)(SC)CC1. The Morgan fingerprint density at radius 1 is 1.60 bits per heavy atom. The van der Waals surface area contributed by atoms with Crippen molar-refractivity contribution >= 4 is 17.7 Å². The molecule has 0 aromatic rings. The largest absolute Gasteiger partial charge is 0.358 e. The first-order valence-electron chi connectivity index (χ1n) is 5.05. The standard InChI is InChI=1S/C10H17N3OS/c1-12-9(14)7-13-5-3-10(8-11,15-2)4-6-13/h3-7H2,1-2H3,(H,12,14). The highest BCUT2D eigenvalue weighted by Crippen LogP contribution is 2.33. The summed E-state index contributed by atoms with van der Waals surface area (Å²) in [4.78, 5) is 13.3. The van der Waals surface area contributed by atoms with E-state index in [1.54, 1.807) is 18.8 Å². The van der Waals surface area contributed by atoms with Crippen LogP contribution in [0.3, 0.4) is 0 Å². The first kappa shape index (κ1) is 12.3. The van der Waals surface area contributed by atoms with Crippen LogP contribution >= 0.6 is 11.8 Å². The summed E-state index contributed by atoms with van der Waals surface area (Å²) in [6.07, 6.45) is 3.68. The second-order valence-electron chi connectivity index (χ2n) is 3.76. The molecule has 84 valence electrons. The highest BCUT2D eigenvalue weighted by molar-refractivity contribution is 8.00. The van der Waals surface area contributed by atoms with Crippen molar-refractivity contribution < 1.29 is 4.79 Å². The highest BCUT2D eigenvalue weighted by Gasteiger charge is 2.34. The Morgan fingerprint density at radius 2 is 2.20 bits per heavy atom. The van der Waals surface area contributed by atoms with Gasteiger partial charge >= 0.3 is 0 Å². The summed E-state index contributed by atoms with van der Waals surface area (Å²) in [7, 11) is 1.65. The smallest absolute Gasteiger partial charge is 0.233 e. The molecule has 1 aliphatic heterocycles. The topological polar surface area (TPSA) is 56.1 Å². The summed E-state index contributed by atoms with van der Waals surface area (Å²) in [5.74, 6) is 0.0450. The van der Waals surface area contributed by atoms with E-state index in [1.807, 2.05) is 6.26 Å². The quantitative estimate of drug-likeness (QED) is 0.761. The molecule has 0 aromatic carbocycles. The second kappa shape index (κ2) is 5.38. The van der Waals surface area contributed by atoms with Gasteiger partial charge in [-0.1, -0.05) is 0 Å². The number of likely N-dealkylation sites (tertiary alicyclic amines) is 1. The predicted molar refractivity (Wildman–Crippen MR) is 61.6 cm³/mol. The predicted octanol–water partition coefficient (Wildman–Crippen LogP) is 0.454. The van der Waals surface area contributed by atoms with E-state index in [2.05, 4.69) is 16.3 Å². The molecule has 1 fully saturated rings. The lowest BCUT2D eigenvalue weighted by Gasteiger charge is -2.35. The lowest BCUT2D eigenvalue weighted by molar-refractivity contribution is -0.122. The van der Waals surface area contributed by atoms with Crippen molar-refractivity contribution in [2.75, 3.05) is 32.9 Å². The number of piperidine rings is 1. The molecule has 1 amide bonds. The van der Waals surface area contributed by atoms with Crippen LogP contribution in [0.4, 0.5) is 0 Å². The van der Waals surface area contributed by atoms with E-state index in [0.717, 1.165) is 25.9 Å². The van der Waals surface area contributed by atoms with Gasteiger partial charge < -0.3 is 5.32 Å². The maximum Gasteiger partial charge on any atom is 0.233 e. The van der Waals surface area contributed by atoms with E-state index in [9.17, 15) is 4.79 Å². The van der Waals surface area contributed by atoms with Crippen LogP contribution in [0.2, 0.25) is 0 Å². The van der Waals surface area contributed by atoms with Crippen molar-refractivity contribution in [2.45, 2.75) is 17.6 Å². The minimum atomic E-state index is -0.223. The summed E-state index contributed by atoms with van der Waals surface area (Å²) in [6.45, 7) is 2.12. The number of hydrogen-bond donors (Lipinski definition) is 1. The van der Waals surface area contributed by atoms with Crippen molar-refractivity contribution in [1.29, 1.82) is 5.26 Å². The molecule has 0 aromatic heterocycles. The summed E-state index contributed by atoms with van der Waals surface area (Å²) in [6, 6.07) is 2.39. The Labute approximate surface area is 95.0 Å². The van der Waals surface area contributed by atoms with Gasteiger partial charge in [0.15, 0.2) is 0 Å². The molecule has 0 unspecified atom stereocenters. The van der Waals surface area contributed by atoms with Crippen LogP contribution in [-0.2, 0) is 4.79 Å². The van der Waals surface area contributed by atoms with E-state index in [4.69, 9.17) is 5.26 Å². The van der Waals surface area contributed by atoms with Crippen LogP contribution in [0.25, 0.3) is 0 Å². The molecule has 1 saturated heterocycles. The molecule has 0 radical (unpaired) electrons. The summed E-state index contributed by atoms with van der Waals surface area (Å²) in [5, 5.41) is 11.7. The van der Waals surface area contributed by atoms with Crippen molar-refractivity contribution in [2.24, 2.45) is 0 Å². The van der Waals surface area contributed by atoms with Crippen molar-refractivity contribution in [3.8, 4) is 6.07 Å². The number of rotatable bonds is 3. The molecular formula is C10H17N3OS. The van der Waals surface area contributed by atoms with Gasteiger partial charge in [0.2, 0.25) is 5.91 Å². The number of thioether (sulfide) groups is 1. The average Bonchev–Trinajstić information content (AvgIpc) is 2.30. The lowest BCUT2D eigenvalue weighted by atomic mass is 9.97. The van der Waals surface area contributed by atoms with Crippen LogP contribution in [0.15, 0.2) is 0 Å². The monoisotopic (exact) mass is 227 g/mol. The van der Waals surface area contributed by atoms with Gasteiger partial charge in [-0.15, -0.1) is 11.8 Å². The van der Waals surface area contributed by atoms with E-state index in [-0.39, 0.29) is 10.7 Å². The number of hydrogen-bond acceptors (Lipinski definition) is 4. The number of nitrogens with zero attached hydrogens (tertiary/aromatic N) is 2. The number of carbonyl (C=O) groups excluding carboxylic acids is 1. The Hall–Kier alpha value is -0.730. The third kappa shape index (κ3) is 3.11. The molecule has 1 rings (SSSR count). The van der Waals surface area contributed by atoms with Gasteiger partial charge in [0.05, 0.1) is 12.6 Å². The fraction of sp³-hybridized carbons (Fsp3) is 0.800. The Balaban J connectivity index is 2.42. The molecule has 1 aliphatic rings. The first-order chi connectivity index (χ1) is 7.15. The molecule has 4 nitrogen and oxygen atoms in total. The Bertz CT molecular complexity index is 266. The zero-order valence-electron chi connectivity index (χ0n) is 9.25. The van der Waals surface area contributed by atoms with Gasteiger partial charge in [-0.05, 0) is 19.1 Å². The summed E-state index contributed by atoms with van der Waals surface area (Å²) >= 11 is 1.63. The van der Waals surface area contributed by atoms with Crippen LogP contribution in [-0.4, -0.2) is 48.5 Å². The molecule has 0 saturated carbocycles. The molecule has 15 heavy (non-hydrogen) atoms.